The highest BCUT2D eigenvalue weighted by Crippen LogP contribution is 2.39. The average molecular weight is 324 g/mol. The van der Waals surface area contributed by atoms with Gasteiger partial charge in [-0.05, 0) is 29.4 Å². The molecule has 2 nitrogen and oxygen atoms in total. The summed E-state index contributed by atoms with van der Waals surface area (Å²) in [5.41, 5.74) is 3.42. The van der Waals surface area contributed by atoms with Crippen LogP contribution in [0.3, 0.4) is 0 Å². The van der Waals surface area contributed by atoms with Crippen molar-refractivity contribution in [3.63, 3.8) is 0 Å². The van der Waals surface area contributed by atoms with Crippen molar-refractivity contribution < 1.29 is 9.53 Å². The largest absolute Gasteiger partial charge is 0.422 e. The number of para-hydroxylation sites is 1. The van der Waals surface area contributed by atoms with Crippen molar-refractivity contribution in [1.82, 2.24) is 0 Å². The van der Waals surface area contributed by atoms with Crippen molar-refractivity contribution in [2.45, 2.75) is 59.3 Å². The number of hydrogen-bond acceptors (Lipinski definition) is 2. The number of rotatable bonds is 2. The number of benzene rings is 2. The van der Waals surface area contributed by atoms with Crippen LogP contribution in [0.2, 0.25) is 0 Å². The molecule has 0 saturated heterocycles. The first-order chi connectivity index (χ1) is 11.0. The van der Waals surface area contributed by atoms with E-state index in [1.807, 2.05) is 37.3 Å². The number of aryl methyl sites for hydroxylation is 1. The first-order valence-corrected chi connectivity index (χ1v) is 8.43. The number of hydrogen-bond donors (Lipinski definition) is 0. The monoisotopic (exact) mass is 324 g/mol. The molecule has 0 N–H and O–H groups in total. The van der Waals surface area contributed by atoms with Gasteiger partial charge in [0, 0.05) is 11.1 Å². The Morgan fingerprint density at radius 2 is 1.29 bits per heavy atom. The molecule has 24 heavy (non-hydrogen) atoms. The Morgan fingerprint density at radius 1 is 0.792 bits per heavy atom. The SMILES string of the molecule is Cc1ccccc1C(=O)Oc1c(C(C)(C)C)cccc1C(C)(C)C. The van der Waals surface area contributed by atoms with Crippen LogP contribution < -0.4 is 4.74 Å². The van der Waals surface area contributed by atoms with Gasteiger partial charge in [0.1, 0.15) is 5.75 Å². The van der Waals surface area contributed by atoms with Gasteiger partial charge in [-0.2, -0.15) is 0 Å². The van der Waals surface area contributed by atoms with Crippen molar-refractivity contribution in [2.75, 3.05) is 0 Å². The number of ether oxygens (including phenoxy) is 1. The van der Waals surface area contributed by atoms with E-state index < -0.39 is 0 Å². The zero-order valence-electron chi connectivity index (χ0n) is 15.9. The van der Waals surface area contributed by atoms with E-state index in [0.29, 0.717) is 11.3 Å². The van der Waals surface area contributed by atoms with E-state index in [4.69, 9.17) is 4.74 Å². The van der Waals surface area contributed by atoms with Crippen LogP contribution in [-0.4, -0.2) is 5.97 Å². The second-order valence-electron chi connectivity index (χ2n) is 8.39. The normalized spacial score (nSPS) is 12.1. The molecule has 0 saturated carbocycles. The molecule has 0 atom stereocenters. The molecule has 0 aliphatic carbocycles. The molecular weight excluding hydrogens is 296 g/mol. The summed E-state index contributed by atoms with van der Waals surface area (Å²) < 4.78 is 5.96. The van der Waals surface area contributed by atoms with E-state index in [1.165, 1.54) is 0 Å². The van der Waals surface area contributed by atoms with Crippen LogP contribution in [0.1, 0.15) is 68.6 Å². The fourth-order valence-electron chi connectivity index (χ4n) is 2.78. The summed E-state index contributed by atoms with van der Waals surface area (Å²) in [7, 11) is 0. The zero-order chi connectivity index (χ0) is 18.1. The molecule has 2 heteroatoms. The Morgan fingerprint density at radius 3 is 1.75 bits per heavy atom. The van der Waals surface area contributed by atoms with Crippen molar-refractivity contribution in [1.29, 1.82) is 0 Å². The van der Waals surface area contributed by atoms with Crippen LogP contribution in [0.5, 0.6) is 5.75 Å². The van der Waals surface area contributed by atoms with E-state index in [2.05, 4.69) is 53.7 Å². The Bertz CT molecular complexity index is 711. The maximum atomic E-state index is 12.8. The molecule has 0 amide bonds. The molecule has 0 fully saturated rings. The van der Waals surface area contributed by atoms with Crippen molar-refractivity contribution in [3.05, 3.63) is 64.7 Å². The van der Waals surface area contributed by atoms with Crippen LogP contribution in [-0.2, 0) is 10.8 Å². The lowest BCUT2D eigenvalue weighted by Crippen LogP contribution is -2.22. The maximum Gasteiger partial charge on any atom is 0.343 e. The Labute approximate surface area is 145 Å². The fourth-order valence-corrected chi connectivity index (χ4v) is 2.78. The van der Waals surface area contributed by atoms with Gasteiger partial charge in [-0.1, -0.05) is 77.9 Å². The van der Waals surface area contributed by atoms with Gasteiger partial charge in [0.15, 0.2) is 0 Å². The Hall–Kier alpha value is -2.09. The molecule has 0 bridgehead atoms. The molecule has 0 aliphatic rings. The number of carbonyl (C=O) groups is 1. The quantitative estimate of drug-likeness (QED) is 0.515. The van der Waals surface area contributed by atoms with Gasteiger partial charge in [0.25, 0.3) is 0 Å². The van der Waals surface area contributed by atoms with Crippen LogP contribution >= 0.6 is 0 Å². The van der Waals surface area contributed by atoms with Crippen LogP contribution in [0.15, 0.2) is 42.5 Å². The first kappa shape index (κ1) is 18.3. The summed E-state index contributed by atoms with van der Waals surface area (Å²) in [6.07, 6.45) is 0. The molecule has 128 valence electrons. The molecule has 0 spiro atoms. The Kier molecular flexibility index (Phi) is 4.89. The van der Waals surface area contributed by atoms with Crippen LogP contribution in [0.4, 0.5) is 0 Å². The third-order valence-corrected chi connectivity index (χ3v) is 4.19. The summed E-state index contributed by atoms with van der Waals surface area (Å²) in [6, 6.07) is 13.7. The second kappa shape index (κ2) is 6.43. The van der Waals surface area contributed by atoms with E-state index in [1.54, 1.807) is 0 Å². The summed E-state index contributed by atoms with van der Waals surface area (Å²) >= 11 is 0. The van der Waals surface area contributed by atoms with Gasteiger partial charge in [0.05, 0.1) is 5.56 Å². The second-order valence-corrected chi connectivity index (χ2v) is 8.39. The smallest absolute Gasteiger partial charge is 0.343 e. The lowest BCUT2D eigenvalue weighted by molar-refractivity contribution is 0.0728. The zero-order valence-corrected chi connectivity index (χ0v) is 15.9. The van der Waals surface area contributed by atoms with E-state index in [9.17, 15) is 4.79 Å². The predicted molar refractivity (Wildman–Crippen MR) is 100.0 cm³/mol. The molecule has 0 unspecified atom stereocenters. The number of carbonyl (C=O) groups excluding carboxylic acids is 1. The molecule has 2 aromatic carbocycles. The highest BCUT2D eigenvalue weighted by molar-refractivity contribution is 5.93. The van der Waals surface area contributed by atoms with Crippen molar-refractivity contribution >= 4 is 5.97 Å². The van der Waals surface area contributed by atoms with E-state index in [0.717, 1.165) is 16.7 Å². The lowest BCUT2D eigenvalue weighted by atomic mass is 9.79. The summed E-state index contributed by atoms with van der Waals surface area (Å²) in [4.78, 5) is 12.8. The lowest BCUT2D eigenvalue weighted by Gasteiger charge is -2.29. The van der Waals surface area contributed by atoms with Crippen molar-refractivity contribution in [2.24, 2.45) is 0 Å². The van der Waals surface area contributed by atoms with Gasteiger partial charge in [-0.15, -0.1) is 0 Å². The minimum absolute atomic E-state index is 0.109. The Balaban J connectivity index is 2.56. The summed E-state index contributed by atoms with van der Waals surface area (Å²) in [5, 5.41) is 0. The van der Waals surface area contributed by atoms with Crippen molar-refractivity contribution in [3.8, 4) is 5.75 Å². The maximum absolute atomic E-state index is 12.8. The summed E-state index contributed by atoms with van der Waals surface area (Å²) in [6.45, 7) is 14.8. The third-order valence-electron chi connectivity index (χ3n) is 4.19. The standard InChI is InChI=1S/C22H28O2/c1-15-11-8-9-12-16(15)20(23)24-19-17(21(2,3)4)13-10-14-18(19)22(5,6)7/h8-14H,1-7H3. The minimum Gasteiger partial charge on any atom is -0.422 e. The highest BCUT2D eigenvalue weighted by Gasteiger charge is 2.28. The summed E-state index contributed by atoms with van der Waals surface area (Å²) in [5.74, 6) is 0.404. The average Bonchev–Trinajstić information content (AvgIpc) is 2.45. The molecule has 0 heterocycles. The molecule has 2 aromatic rings. The van der Waals surface area contributed by atoms with Gasteiger partial charge in [-0.3, -0.25) is 0 Å². The molecule has 0 aromatic heterocycles. The minimum atomic E-state index is -0.296. The first-order valence-electron chi connectivity index (χ1n) is 8.43. The van der Waals surface area contributed by atoms with Gasteiger partial charge in [0.2, 0.25) is 0 Å². The van der Waals surface area contributed by atoms with Crippen LogP contribution in [0.25, 0.3) is 0 Å². The van der Waals surface area contributed by atoms with Gasteiger partial charge in [-0.25, -0.2) is 4.79 Å². The van der Waals surface area contributed by atoms with Crippen LogP contribution in [0, 0.1) is 6.92 Å². The van der Waals surface area contributed by atoms with Gasteiger partial charge < -0.3 is 4.74 Å². The van der Waals surface area contributed by atoms with Gasteiger partial charge >= 0.3 is 5.97 Å². The topological polar surface area (TPSA) is 26.3 Å². The predicted octanol–water partition coefficient (Wildman–Crippen LogP) is 5.81. The molecule has 0 aliphatic heterocycles. The molecule has 2 rings (SSSR count). The number of esters is 1. The van der Waals surface area contributed by atoms with E-state index >= 15 is 0 Å². The third kappa shape index (κ3) is 3.87. The molecular formula is C22H28O2. The highest BCUT2D eigenvalue weighted by atomic mass is 16.5. The fraction of sp³-hybridized carbons (Fsp3) is 0.409. The molecule has 0 radical (unpaired) electrons. The van der Waals surface area contributed by atoms with E-state index in [-0.39, 0.29) is 16.8 Å².